The van der Waals surface area contributed by atoms with E-state index < -0.39 is 0 Å². The number of anilines is 1. The topological polar surface area (TPSA) is 104 Å². The SMILES string of the molecule is CNCC(CC1CCc2sc(N)nc2C1)C(=O)N(Cc1cccs1)C(=O)NCCN(C)C. The molecule has 0 spiro atoms. The van der Waals surface area contributed by atoms with E-state index in [4.69, 9.17) is 5.73 Å². The largest absolute Gasteiger partial charge is 0.375 e. The van der Waals surface area contributed by atoms with E-state index in [0.717, 1.165) is 36.3 Å². The van der Waals surface area contributed by atoms with E-state index in [9.17, 15) is 9.59 Å². The van der Waals surface area contributed by atoms with Gasteiger partial charge in [0.1, 0.15) is 0 Å². The fraction of sp³-hybridized carbons (Fsp3) is 0.591. The molecule has 2 aromatic heterocycles. The molecule has 8 nitrogen and oxygen atoms in total. The van der Waals surface area contributed by atoms with Crippen LogP contribution in [0.5, 0.6) is 0 Å². The molecule has 3 amide bonds. The number of aromatic nitrogens is 1. The van der Waals surface area contributed by atoms with Crippen LogP contribution in [0.2, 0.25) is 0 Å². The van der Waals surface area contributed by atoms with Crippen LogP contribution < -0.4 is 16.4 Å². The zero-order valence-corrected chi connectivity index (χ0v) is 20.7. The maximum Gasteiger partial charge on any atom is 0.324 e. The number of urea groups is 1. The number of nitrogens with one attached hydrogen (secondary N) is 2. The lowest BCUT2D eigenvalue weighted by Crippen LogP contribution is -2.49. The molecule has 2 aromatic rings. The lowest BCUT2D eigenvalue weighted by Gasteiger charge is -2.29. The maximum atomic E-state index is 13.6. The second kappa shape index (κ2) is 11.7. The van der Waals surface area contributed by atoms with Gasteiger partial charge in [-0.3, -0.25) is 9.69 Å². The summed E-state index contributed by atoms with van der Waals surface area (Å²) in [5.41, 5.74) is 6.97. The summed E-state index contributed by atoms with van der Waals surface area (Å²) < 4.78 is 0. The molecule has 0 saturated carbocycles. The minimum atomic E-state index is -0.329. The monoisotopic (exact) mass is 478 g/mol. The minimum absolute atomic E-state index is 0.126. The van der Waals surface area contributed by atoms with Crippen LogP contribution in [0.3, 0.4) is 0 Å². The Hall–Kier alpha value is -2.01. The first-order valence-corrected chi connectivity index (χ1v) is 12.7. The van der Waals surface area contributed by atoms with Crippen LogP contribution in [0.15, 0.2) is 17.5 Å². The molecular formula is C22H34N6O2S2. The first kappa shape index (κ1) is 24.6. The average Bonchev–Trinajstić information content (AvgIpc) is 3.39. The number of nitrogens with zero attached hydrogens (tertiary/aromatic N) is 3. The van der Waals surface area contributed by atoms with Gasteiger partial charge in [-0.1, -0.05) is 6.07 Å². The molecule has 2 heterocycles. The highest BCUT2D eigenvalue weighted by Crippen LogP contribution is 2.34. The predicted molar refractivity (Wildman–Crippen MR) is 131 cm³/mol. The number of thiophene rings is 1. The zero-order valence-electron chi connectivity index (χ0n) is 19.1. The van der Waals surface area contributed by atoms with Gasteiger partial charge in [-0.25, -0.2) is 9.78 Å². The summed E-state index contributed by atoms with van der Waals surface area (Å²) in [6.07, 6.45) is 3.54. The van der Waals surface area contributed by atoms with Gasteiger partial charge in [-0.15, -0.1) is 22.7 Å². The predicted octanol–water partition coefficient (Wildman–Crippen LogP) is 2.42. The Morgan fingerprint density at radius 3 is 2.88 bits per heavy atom. The number of aryl methyl sites for hydroxylation is 1. The number of imide groups is 1. The van der Waals surface area contributed by atoms with Crippen LogP contribution >= 0.6 is 22.7 Å². The Balaban J connectivity index is 1.70. The normalized spacial score (nSPS) is 16.6. The molecule has 4 N–H and O–H groups in total. The molecule has 0 fully saturated rings. The van der Waals surface area contributed by atoms with Gasteiger partial charge in [0, 0.05) is 29.4 Å². The number of nitrogens with two attached hydrogens (primary N) is 1. The van der Waals surface area contributed by atoms with Gasteiger partial charge < -0.3 is 21.3 Å². The molecule has 2 unspecified atom stereocenters. The van der Waals surface area contributed by atoms with Crippen LogP contribution in [-0.2, 0) is 24.2 Å². The molecule has 1 aliphatic carbocycles. The second-order valence-corrected chi connectivity index (χ2v) is 10.7. The zero-order chi connectivity index (χ0) is 23.1. The van der Waals surface area contributed by atoms with Crippen LogP contribution in [0.4, 0.5) is 9.93 Å². The molecule has 32 heavy (non-hydrogen) atoms. The number of hydrogen-bond donors (Lipinski definition) is 3. The number of likely N-dealkylation sites (N-methyl/N-ethyl adjacent to an activating group) is 1. The molecule has 0 aromatic carbocycles. The Labute approximate surface area is 198 Å². The second-order valence-electron chi connectivity index (χ2n) is 8.56. The summed E-state index contributed by atoms with van der Waals surface area (Å²) in [4.78, 5) is 36.7. The highest BCUT2D eigenvalue weighted by atomic mass is 32.1. The lowest BCUT2D eigenvalue weighted by atomic mass is 9.83. The Bertz CT molecular complexity index is 883. The van der Waals surface area contributed by atoms with Crippen molar-refractivity contribution in [3.05, 3.63) is 33.0 Å². The smallest absolute Gasteiger partial charge is 0.324 e. The van der Waals surface area contributed by atoms with Crippen molar-refractivity contribution >= 4 is 39.7 Å². The number of fused-ring (bicyclic) bond motifs is 1. The maximum absolute atomic E-state index is 13.6. The molecule has 0 radical (unpaired) electrons. The summed E-state index contributed by atoms with van der Waals surface area (Å²) in [6, 6.07) is 3.57. The molecule has 1 aliphatic rings. The van der Waals surface area contributed by atoms with Crippen molar-refractivity contribution in [2.24, 2.45) is 11.8 Å². The summed E-state index contributed by atoms with van der Waals surface area (Å²) in [6.45, 7) is 2.04. The highest BCUT2D eigenvalue weighted by molar-refractivity contribution is 7.15. The van der Waals surface area contributed by atoms with E-state index in [-0.39, 0.29) is 17.9 Å². The minimum Gasteiger partial charge on any atom is -0.375 e. The van der Waals surface area contributed by atoms with Gasteiger partial charge in [0.2, 0.25) is 5.91 Å². The number of thiazole rings is 1. The molecule has 0 aliphatic heterocycles. The molecular weight excluding hydrogens is 444 g/mol. The van der Waals surface area contributed by atoms with Crippen molar-refractivity contribution in [1.82, 2.24) is 25.4 Å². The van der Waals surface area contributed by atoms with Crippen molar-refractivity contribution < 1.29 is 9.59 Å². The van der Waals surface area contributed by atoms with Crippen molar-refractivity contribution in [3.8, 4) is 0 Å². The van der Waals surface area contributed by atoms with Crippen molar-refractivity contribution in [3.63, 3.8) is 0 Å². The molecule has 0 bridgehead atoms. The van der Waals surface area contributed by atoms with Gasteiger partial charge in [-0.2, -0.15) is 0 Å². The Kier molecular flexibility index (Phi) is 9.03. The number of carbonyl (C=O) groups excluding carboxylic acids is 2. The number of hydrogen-bond acceptors (Lipinski definition) is 8. The van der Waals surface area contributed by atoms with E-state index in [1.54, 1.807) is 22.7 Å². The summed E-state index contributed by atoms with van der Waals surface area (Å²) >= 11 is 3.13. The van der Waals surface area contributed by atoms with E-state index in [1.807, 2.05) is 43.6 Å². The van der Waals surface area contributed by atoms with Crippen LogP contribution in [0.1, 0.15) is 28.3 Å². The van der Waals surface area contributed by atoms with Gasteiger partial charge in [0.15, 0.2) is 5.13 Å². The van der Waals surface area contributed by atoms with Gasteiger partial charge in [-0.05, 0) is 64.2 Å². The number of amides is 3. The van der Waals surface area contributed by atoms with E-state index >= 15 is 0 Å². The molecule has 0 saturated heterocycles. The number of rotatable bonds is 10. The fourth-order valence-electron chi connectivity index (χ4n) is 4.10. The van der Waals surface area contributed by atoms with Crippen molar-refractivity contribution in [2.75, 3.05) is 46.5 Å². The van der Waals surface area contributed by atoms with Crippen molar-refractivity contribution in [2.45, 2.75) is 32.2 Å². The molecule has 2 atom stereocenters. The summed E-state index contributed by atoms with van der Waals surface area (Å²) in [5.74, 6) is -0.0486. The number of carbonyl (C=O) groups is 2. The number of nitrogen functional groups attached to an aromatic ring is 1. The van der Waals surface area contributed by atoms with E-state index in [2.05, 4.69) is 15.6 Å². The van der Waals surface area contributed by atoms with Crippen LogP contribution in [-0.4, -0.2) is 67.5 Å². The van der Waals surface area contributed by atoms with Crippen molar-refractivity contribution in [1.29, 1.82) is 0 Å². The fourth-order valence-corrected chi connectivity index (χ4v) is 5.67. The van der Waals surface area contributed by atoms with Gasteiger partial charge in [0.05, 0.1) is 18.2 Å². The highest BCUT2D eigenvalue weighted by Gasteiger charge is 2.32. The van der Waals surface area contributed by atoms with Crippen LogP contribution in [0.25, 0.3) is 0 Å². The van der Waals surface area contributed by atoms with Gasteiger partial charge in [0.25, 0.3) is 0 Å². The Morgan fingerprint density at radius 1 is 1.38 bits per heavy atom. The first-order valence-electron chi connectivity index (χ1n) is 11.0. The summed E-state index contributed by atoms with van der Waals surface area (Å²) in [5, 5.41) is 8.65. The third kappa shape index (κ3) is 6.74. The quantitative estimate of drug-likeness (QED) is 0.485. The van der Waals surface area contributed by atoms with Crippen LogP contribution in [0, 0.1) is 11.8 Å². The standard InChI is InChI=1S/C22H34N6O2S2/c1-24-13-16(11-15-6-7-19-18(12-15)26-21(23)32-19)20(29)28(14-17-5-4-10-31-17)22(30)25-8-9-27(2)3/h4-5,10,15-16,24H,6-9,11-14H2,1-3H3,(H2,23,26)(H,25,30). The molecule has 176 valence electrons. The lowest BCUT2D eigenvalue weighted by molar-refractivity contribution is -0.133. The Morgan fingerprint density at radius 2 is 2.19 bits per heavy atom. The van der Waals surface area contributed by atoms with E-state index in [0.29, 0.717) is 37.2 Å². The summed E-state index contributed by atoms with van der Waals surface area (Å²) in [7, 11) is 5.76. The van der Waals surface area contributed by atoms with E-state index in [1.165, 1.54) is 9.78 Å². The average molecular weight is 479 g/mol. The molecule has 10 heteroatoms. The third-order valence-corrected chi connectivity index (χ3v) is 7.56. The third-order valence-electron chi connectivity index (χ3n) is 5.71. The first-order chi connectivity index (χ1) is 15.4. The molecule has 3 rings (SSSR count). The van der Waals surface area contributed by atoms with Gasteiger partial charge >= 0.3 is 6.03 Å².